The average Bonchev–Trinajstić information content (AvgIpc) is 2.64. The van der Waals surface area contributed by atoms with Crippen molar-refractivity contribution in [3.63, 3.8) is 0 Å². The molecule has 6 unspecified atom stereocenters. The predicted octanol–water partition coefficient (Wildman–Crippen LogP) is -3.64. The molecule has 0 saturated heterocycles. The van der Waals surface area contributed by atoms with Crippen LogP contribution in [0.3, 0.4) is 0 Å². The Bertz CT molecular complexity index is 575. The van der Waals surface area contributed by atoms with Gasteiger partial charge in [0.15, 0.2) is 6.04 Å². The number of hydrogen-bond donors (Lipinski definition) is 8. The van der Waals surface area contributed by atoms with Crippen molar-refractivity contribution >= 4 is 35.5 Å². The molecule has 0 spiro atoms. The van der Waals surface area contributed by atoms with E-state index in [0.29, 0.717) is 12.2 Å². The maximum Gasteiger partial charge on any atom is 0.328 e. The number of aliphatic hydroxyl groups is 3. The quantitative estimate of drug-likeness (QED) is 0.141. The van der Waals surface area contributed by atoms with Crippen molar-refractivity contribution in [3.8, 4) is 0 Å². The fourth-order valence-corrected chi connectivity index (χ4v) is 2.63. The Labute approximate surface area is 172 Å². The van der Waals surface area contributed by atoms with Crippen LogP contribution >= 0.6 is 11.8 Å². The number of aliphatic carboxylic acids is 1. The molecule has 0 fully saturated rings. The van der Waals surface area contributed by atoms with Crippen molar-refractivity contribution in [2.45, 2.75) is 56.6 Å². The van der Waals surface area contributed by atoms with Gasteiger partial charge in [-0.15, -0.1) is 0 Å². The second-order valence-corrected chi connectivity index (χ2v) is 7.41. The number of rotatable bonds is 13. The van der Waals surface area contributed by atoms with Crippen LogP contribution in [-0.4, -0.2) is 99.1 Å². The topological polar surface area (TPSA) is 211 Å². The van der Waals surface area contributed by atoms with Crippen LogP contribution in [0.1, 0.15) is 20.3 Å². The largest absolute Gasteiger partial charge is 0.480 e. The molecule has 0 rings (SSSR count). The summed E-state index contributed by atoms with van der Waals surface area (Å²) in [6, 6.07) is -5.60. The Kier molecular flexibility index (Phi) is 12.4. The molecule has 3 amide bonds. The number of carboxylic acid groups (broad SMARTS) is 1. The molecule has 0 aromatic heterocycles. The van der Waals surface area contributed by atoms with Gasteiger partial charge in [-0.3, -0.25) is 14.4 Å². The number of carbonyl (C=O) groups excluding carboxylic acids is 3. The first kappa shape index (κ1) is 27.1. The third-order valence-electron chi connectivity index (χ3n) is 3.89. The summed E-state index contributed by atoms with van der Waals surface area (Å²) in [4.78, 5) is 47.7. The van der Waals surface area contributed by atoms with Crippen molar-refractivity contribution in [2.75, 3.05) is 18.6 Å². The standard InChI is InChI=1S/C16H30N4O8S/c1-7(22)11(15(26)20-12(8(2)23)16(27)28)19-14(25)10(6-21)18-13(24)9(17)4-5-29-3/h7-12,21-23H,4-6,17H2,1-3H3,(H,18,24)(H,19,25)(H,20,26)(H,27,28). The lowest BCUT2D eigenvalue weighted by molar-refractivity contribution is -0.146. The van der Waals surface area contributed by atoms with Crippen LogP contribution in [-0.2, 0) is 19.2 Å². The molecule has 0 aliphatic carbocycles. The molecule has 168 valence electrons. The molecule has 0 saturated carbocycles. The second-order valence-electron chi connectivity index (χ2n) is 6.42. The molecule has 0 radical (unpaired) electrons. The Hall–Kier alpha value is -1.93. The van der Waals surface area contributed by atoms with Crippen molar-refractivity contribution < 1.29 is 39.6 Å². The molecule has 0 heterocycles. The van der Waals surface area contributed by atoms with E-state index < -0.39 is 66.7 Å². The van der Waals surface area contributed by atoms with E-state index in [1.165, 1.54) is 18.7 Å². The molecule has 0 bridgehead atoms. The third kappa shape index (κ3) is 9.41. The van der Waals surface area contributed by atoms with Gasteiger partial charge in [0, 0.05) is 0 Å². The number of aliphatic hydroxyl groups excluding tert-OH is 3. The fraction of sp³-hybridized carbons (Fsp3) is 0.750. The van der Waals surface area contributed by atoms with Crippen LogP contribution in [0, 0.1) is 0 Å². The summed E-state index contributed by atoms with van der Waals surface area (Å²) in [6.07, 6.45) is -0.695. The summed E-state index contributed by atoms with van der Waals surface area (Å²) in [5.74, 6) is -3.62. The van der Waals surface area contributed by atoms with Crippen molar-refractivity contribution in [3.05, 3.63) is 0 Å². The van der Waals surface area contributed by atoms with Gasteiger partial charge >= 0.3 is 5.97 Å². The summed E-state index contributed by atoms with van der Waals surface area (Å²) >= 11 is 1.48. The summed E-state index contributed by atoms with van der Waals surface area (Å²) in [5.41, 5.74) is 5.69. The minimum absolute atomic E-state index is 0.349. The molecular formula is C16H30N4O8S. The SMILES string of the molecule is CSCCC(N)C(=O)NC(CO)C(=O)NC(C(=O)NC(C(=O)O)C(C)O)C(C)O. The minimum atomic E-state index is -1.66. The number of nitrogens with two attached hydrogens (primary N) is 1. The highest BCUT2D eigenvalue weighted by atomic mass is 32.2. The summed E-state index contributed by atoms with van der Waals surface area (Å²) in [6.45, 7) is 1.52. The molecule has 29 heavy (non-hydrogen) atoms. The first-order valence-corrected chi connectivity index (χ1v) is 10.2. The Morgan fingerprint density at radius 3 is 1.86 bits per heavy atom. The van der Waals surface area contributed by atoms with Crippen molar-refractivity contribution in [1.82, 2.24) is 16.0 Å². The lowest BCUT2D eigenvalue weighted by Gasteiger charge is -2.26. The maximum absolute atomic E-state index is 12.3. The average molecular weight is 439 g/mol. The van der Waals surface area contributed by atoms with Crippen LogP contribution < -0.4 is 21.7 Å². The fourth-order valence-electron chi connectivity index (χ4n) is 2.14. The molecule has 0 aromatic carbocycles. The lowest BCUT2D eigenvalue weighted by atomic mass is 10.1. The van der Waals surface area contributed by atoms with Gasteiger partial charge in [-0.1, -0.05) is 0 Å². The molecule has 9 N–H and O–H groups in total. The van der Waals surface area contributed by atoms with Gasteiger partial charge in [0.25, 0.3) is 0 Å². The van der Waals surface area contributed by atoms with Gasteiger partial charge in [-0.2, -0.15) is 11.8 Å². The van der Waals surface area contributed by atoms with E-state index in [1.807, 2.05) is 11.6 Å². The van der Waals surface area contributed by atoms with Crippen molar-refractivity contribution in [2.24, 2.45) is 5.73 Å². The normalized spacial score (nSPS) is 17.2. The van der Waals surface area contributed by atoms with Crippen LogP contribution in [0.5, 0.6) is 0 Å². The van der Waals surface area contributed by atoms with E-state index in [1.54, 1.807) is 0 Å². The smallest absolute Gasteiger partial charge is 0.328 e. The van der Waals surface area contributed by atoms with Crippen LogP contribution in [0.2, 0.25) is 0 Å². The maximum atomic E-state index is 12.3. The number of amides is 3. The second kappa shape index (κ2) is 13.3. The Morgan fingerprint density at radius 2 is 1.45 bits per heavy atom. The number of hydrogen-bond acceptors (Lipinski definition) is 9. The predicted molar refractivity (Wildman–Crippen MR) is 105 cm³/mol. The van der Waals surface area contributed by atoms with E-state index in [2.05, 4.69) is 10.6 Å². The van der Waals surface area contributed by atoms with Gasteiger partial charge in [0.05, 0.1) is 24.9 Å². The number of carboxylic acids is 1. The number of carbonyl (C=O) groups is 4. The van der Waals surface area contributed by atoms with Gasteiger partial charge in [0.2, 0.25) is 17.7 Å². The molecule has 0 aliphatic rings. The van der Waals surface area contributed by atoms with Gasteiger partial charge in [0.1, 0.15) is 12.1 Å². The van der Waals surface area contributed by atoms with E-state index >= 15 is 0 Å². The first-order valence-electron chi connectivity index (χ1n) is 8.81. The molecule has 12 nitrogen and oxygen atoms in total. The number of thioether (sulfide) groups is 1. The molecular weight excluding hydrogens is 408 g/mol. The van der Waals surface area contributed by atoms with E-state index in [9.17, 15) is 34.5 Å². The third-order valence-corrected chi connectivity index (χ3v) is 4.54. The highest BCUT2D eigenvalue weighted by Crippen LogP contribution is 2.01. The van der Waals surface area contributed by atoms with Gasteiger partial charge < -0.3 is 42.1 Å². The Balaban J connectivity index is 5.11. The summed E-state index contributed by atoms with van der Waals surface area (Å²) in [7, 11) is 0. The van der Waals surface area contributed by atoms with Gasteiger partial charge in [-0.25, -0.2) is 4.79 Å². The first-order chi connectivity index (χ1) is 13.5. The highest BCUT2D eigenvalue weighted by Gasteiger charge is 2.33. The monoisotopic (exact) mass is 438 g/mol. The molecule has 13 heteroatoms. The van der Waals surface area contributed by atoms with E-state index in [-0.39, 0.29) is 0 Å². The molecule has 6 atom stereocenters. The zero-order valence-corrected chi connectivity index (χ0v) is 17.3. The van der Waals surface area contributed by atoms with Crippen LogP contribution in [0.4, 0.5) is 0 Å². The van der Waals surface area contributed by atoms with Crippen LogP contribution in [0.15, 0.2) is 0 Å². The summed E-state index contributed by atoms with van der Waals surface area (Å²) in [5, 5.41) is 44.0. The number of nitrogens with one attached hydrogen (secondary N) is 3. The van der Waals surface area contributed by atoms with Crippen molar-refractivity contribution in [1.29, 1.82) is 0 Å². The van der Waals surface area contributed by atoms with Crippen LogP contribution in [0.25, 0.3) is 0 Å². The lowest BCUT2D eigenvalue weighted by Crippen LogP contribution is -2.61. The highest BCUT2D eigenvalue weighted by molar-refractivity contribution is 7.98. The Morgan fingerprint density at radius 1 is 0.931 bits per heavy atom. The van der Waals surface area contributed by atoms with E-state index in [0.717, 1.165) is 6.92 Å². The van der Waals surface area contributed by atoms with E-state index in [4.69, 9.17) is 10.8 Å². The molecule has 0 aliphatic heterocycles. The summed E-state index contributed by atoms with van der Waals surface area (Å²) < 4.78 is 0. The molecule has 0 aromatic rings. The zero-order valence-electron chi connectivity index (χ0n) is 16.5. The van der Waals surface area contributed by atoms with Gasteiger partial charge in [-0.05, 0) is 32.3 Å². The minimum Gasteiger partial charge on any atom is -0.480 e. The zero-order chi connectivity index (χ0) is 22.7.